The first kappa shape index (κ1) is 32.0. The predicted octanol–water partition coefficient (Wildman–Crippen LogP) is 4.51. The predicted molar refractivity (Wildman–Crippen MR) is 177 cm³/mol. The van der Waals surface area contributed by atoms with E-state index >= 15 is 0 Å². The monoisotopic (exact) mass is 661 g/mol. The number of imide groups is 2. The minimum absolute atomic E-state index is 0.0369. The van der Waals surface area contributed by atoms with E-state index in [0.717, 1.165) is 34.6 Å². The number of anilines is 1. The van der Waals surface area contributed by atoms with Gasteiger partial charge in [-0.1, -0.05) is 38.1 Å². The standard InChI is InChI=1S/C37H35N5O7/c1-37(2,22-5-10-26(11-6-22)49-28-18-38-32(20-43)39-19-28)21-3-8-25(9-4-21)48-27-15-24(16-27)40-23-7-12-29-30(17-23)36(47)42(35(29)46)31-13-14-33(44)41-34(31)45/h3-12,17-19,24,27,31,40,43H,13-16,20H2,1-2H3,(H,41,44,45)/t24-,27-,31?. The van der Waals surface area contributed by atoms with Crippen molar-refractivity contribution in [3.05, 3.63) is 107 Å². The summed E-state index contributed by atoms with van der Waals surface area (Å²) in [5, 5.41) is 14.8. The molecule has 1 aromatic heterocycles. The Labute approximate surface area is 282 Å². The van der Waals surface area contributed by atoms with Crippen molar-refractivity contribution in [1.82, 2.24) is 20.2 Å². The molecule has 4 aromatic rings. The molecule has 250 valence electrons. The number of rotatable bonds is 10. The maximum Gasteiger partial charge on any atom is 0.262 e. The number of nitrogens with one attached hydrogen (secondary N) is 2. The molecular weight excluding hydrogens is 626 g/mol. The first-order chi connectivity index (χ1) is 23.6. The zero-order chi connectivity index (χ0) is 34.3. The highest BCUT2D eigenvalue weighted by Gasteiger charge is 2.44. The van der Waals surface area contributed by atoms with Crippen LogP contribution in [0.25, 0.3) is 0 Å². The number of carbonyl (C=O) groups excluding carboxylic acids is 4. The Morgan fingerprint density at radius 1 is 0.857 bits per heavy atom. The second kappa shape index (κ2) is 12.8. The molecule has 3 aromatic carbocycles. The summed E-state index contributed by atoms with van der Waals surface area (Å²) in [5.41, 5.74) is 3.20. The van der Waals surface area contributed by atoms with E-state index in [-0.39, 0.29) is 48.1 Å². The van der Waals surface area contributed by atoms with E-state index in [9.17, 15) is 19.2 Å². The summed E-state index contributed by atoms with van der Waals surface area (Å²) in [5.74, 6) is 0.203. The first-order valence-corrected chi connectivity index (χ1v) is 16.2. The van der Waals surface area contributed by atoms with E-state index in [2.05, 4.69) is 46.6 Å². The van der Waals surface area contributed by atoms with Crippen molar-refractivity contribution in [2.75, 3.05) is 5.32 Å². The van der Waals surface area contributed by atoms with Crippen LogP contribution in [0, 0.1) is 0 Å². The molecule has 12 heteroatoms. The van der Waals surface area contributed by atoms with Crippen LogP contribution in [0.1, 0.15) is 77.2 Å². The number of benzene rings is 3. The molecule has 3 N–H and O–H groups in total. The summed E-state index contributed by atoms with van der Waals surface area (Å²) in [4.78, 5) is 59.0. The number of carbonyl (C=O) groups is 4. The maximum atomic E-state index is 13.1. The summed E-state index contributed by atoms with van der Waals surface area (Å²) >= 11 is 0. The Bertz CT molecular complexity index is 1920. The minimum atomic E-state index is -0.988. The van der Waals surface area contributed by atoms with Crippen LogP contribution < -0.4 is 20.1 Å². The largest absolute Gasteiger partial charge is 0.490 e. The first-order valence-electron chi connectivity index (χ1n) is 16.2. The molecule has 7 rings (SSSR count). The highest BCUT2D eigenvalue weighted by atomic mass is 16.5. The molecule has 3 aliphatic rings. The molecule has 1 saturated carbocycles. The molecule has 4 amide bonds. The van der Waals surface area contributed by atoms with Crippen LogP contribution in [-0.4, -0.2) is 61.8 Å². The molecule has 0 radical (unpaired) electrons. The highest BCUT2D eigenvalue weighted by molar-refractivity contribution is 6.23. The van der Waals surface area contributed by atoms with Crippen molar-refractivity contribution in [3.63, 3.8) is 0 Å². The molecule has 0 spiro atoms. The Morgan fingerprint density at radius 3 is 2.12 bits per heavy atom. The lowest BCUT2D eigenvalue weighted by Crippen LogP contribution is -2.54. The Hall–Kier alpha value is -5.62. The average molecular weight is 662 g/mol. The fraction of sp³-hybridized carbons (Fsp3) is 0.297. The molecule has 1 unspecified atom stereocenters. The molecule has 1 aliphatic carbocycles. The Morgan fingerprint density at radius 2 is 1.49 bits per heavy atom. The van der Waals surface area contributed by atoms with Crippen LogP contribution in [-0.2, 0) is 21.6 Å². The van der Waals surface area contributed by atoms with Gasteiger partial charge < -0.3 is 19.9 Å². The quantitative estimate of drug-likeness (QED) is 0.206. The van der Waals surface area contributed by atoms with Gasteiger partial charge in [-0.2, -0.15) is 0 Å². The summed E-state index contributed by atoms with van der Waals surface area (Å²) in [7, 11) is 0. The summed E-state index contributed by atoms with van der Waals surface area (Å²) in [6.07, 6.45) is 4.84. The van der Waals surface area contributed by atoms with Gasteiger partial charge in [-0.15, -0.1) is 0 Å². The topological polar surface area (TPSA) is 160 Å². The molecule has 12 nitrogen and oxygen atoms in total. The van der Waals surface area contributed by atoms with E-state index in [1.165, 1.54) is 12.4 Å². The third-order valence-corrected chi connectivity index (χ3v) is 9.42. The van der Waals surface area contributed by atoms with Crippen LogP contribution in [0.4, 0.5) is 5.69 Å². The van der Waals surface area contributed by atoms with Crippen LogP contribution in [0.3, 0.4) is 0 Å². The lowest BCUT2D eigenvalue weighted by atomic mass is 9.78. The highest BCUT2D eigenvalue weighted by Crippen LogP contribution is 2.36. The zero-order valence-electron chi connectivity index (χ0n) is 27.0. The maximum absolute atomic E-state index is 13.1. The molecule has 1 atom stereocenters. The average Bonchev–Trinajstić information content (AvgIpc) is 3.33. The number of aromatic nitrogens is 2. The number of aliphatic hydroxyl groups is 1. The molecular formula is C37H35N5O7. The van der Waals surface area contributed by atoms with Crippen LogP contribution in [0.5, 0.6) is 17.2 Å². The lowest BCUT2D eigenvalue weighted by Gasteiger charge is -2.36. The summed E-state index contributed by atoms with van der Waals surface area (Å²) in [6.45, 7) is 4.11. The third kappa shape index (κ3) is 6.34. The van der Waals surface area contributed by atoms with E-state index in [0.29, 0.717) is 23.0 Å². The van der Waals surface area contributed by atoms with E-state index in [1.807, 2.05) is 36.4 Å². The molecule has 2 aliphatic heterocycles. The molecule has 0 bridgehead atoms. The number of piperidine rings is 1. The number of amides is 4. The third-order valence-electron chi connectivity index (χ3n) is 9.42. The van der Waals surface area contributed by atoms with Gasteiger partial charge in [0.1, 0.15) is 30.3 Å². The van der Waals surface area contributed by atoms with Crippen molar-refractivity contribution in [2.24, 2.45) is 0 Å². The normalized spacial score (nSPS) is 20.4. The molecule has 2 fully saturated rings. The van der Waals surface area contributed by atoms with Crippen LogP contribution >= 0.6 is 0 Å². The fourth-order valence-electron chi connectivity index (χ4n) is 6.44. The number of hydrogen-bond donors (Lipinski definition) is 3. The number of ether oxygens (including phenoxy) is 2. The van der Waals surface area contributed by atoms with Gasteiger partial charge >= 0.3 is 0 Å². The second-order valence-corrected chi connectivity index (χ2v) is 13.0. The minimum Gasteiger partial charge on any atom is -0.490 e. The van der Waals surface area contributed by atoms with Crippen molar-refractivity contribution in [3.8, 4) is 17.2 Å². The van der Waals surface area contributed by atoms with Gasteiger partial charge in [0.2, 0.25) is 11.8 Å². The number of fused-ring (bicyclic) bond motifs is 1. The van der Waals surface area contributed by atoms with E-state index in [1.54, 1.807) is 18.2 Å². The fourth-order valence-corrected chi connectivity index (χ4v) is 6.44. The number of nitrogens with zero attached hydrogens (tertiary/aromatic N) is 3. The Kier molecular flexibility index (Phi) is 8.33. The van der Waals surface area contributed by atoms with Crippen molar-refractivity contribution in [2.45, 2.75) is 69.7 Å². The smallest absolute Gasteiger partial charge is 0.262 e. The SMILES string of the molecule is CC(C)(c1ccc(Oc2cnc(CO)nc2)cc1)c1ccc(O[C@H]2C[C@H](Nc3ccc4c(c3)C(=O)N(C3CCC(=O)NC3=O)C4=O)C2)cc1. The van der Waals surface area contributed by atoms with Crippen molar-refractivity contribution < 1.29 is 33.8 Å². The van der Waals surface area contributed by atoms with Gasteiger partial charge in [0.15, 0.2) is 11.6 Å². The van der Waals surface area contributed by atoms with Gasteiger partial charge in [-0.3, -0.25) is 29.4 Å². The molecule has 1 saturated heterocycles. The Balaban J connectivity index is 0.913. The van der Waals surface area contributed by atoms with Crippen LogP contribution in [0.2, 0.25) is 0 Å². The van der Waals surface area contributed by atoms with E-state index in [4.69, 9.17) is 14.6 Å². The number of hydrogen-bond acceptors (Lipinski definition) is 10. The van der Waals surface area contributed by atoms with E-state index < -0.39 is 29.7 Å². The van der Waals surface area contributed by atoms with Gasteiger partial charge in [-0.05, 0) is 60.0 Å². The molecule has 49 heavy (non-hydrogen) atoms. The van der Waals surface area contributed by atoms with Gasteiger partial charge in [0.25, 0.3) is 11.8 Å². The van der Waals surface area contributed by atoms with Gasteiger partial charge in [0, 0.05) is 36.4 Å². The van der Waals surface area contributed by atoms with Crippen molar-refractivity contribution in [1.29, 1.82) is 0 Å². The summed E-state index contributed by atoms with van der Waals surface area (Å²) in [6, 6.07) is 20.2. The van der Waals surface area contributed by atoms with Crippen molar-refractivity contribution >= 4 is 29.3 Å². The summed E-state index contributed by atoms with van der Waals surface area (Å²) < 4.78 is 12.1. The second-order valence-electron chi connectivity index (χ2n) is 13.0. The van der Waals surface area contributed by atoms with Gasteiger partial charge in [-0.25, -0.2) is 9.97 Å². The van der Waals surface area contributed by atoms with Crippen LogP contribution in [0.15, 0.2) is 79.1 Å². The zero-order valence-corrected chi connectivity index (χ0v) is 27.0. The van der Waals surface area contributed by atoms with Gasteiger partial charge in [0.05, 0.1) is 23.5 Å². The lowest BCUT2D eigenvalue weighted by molar-refractivity contribution is -0.136. The number of aliphatic hydroxyl groups excluding tert-OH is 1. The molecule has 3 heterocycles.